The van der Waals surface area contributed by atoms with Crippen molar-refractivity contribution in [2.24, 2.45) is 0 Å². The van der Waals surface area contributed by atoms with E-state index in [1.165, 1.54) is 0 Å². The second kappa shape index (κ2) is 4.18. The van der Waals surface area contributed by atoms with E-state index in [0.717, 1.165) is 22.9 Å². The molecular weight excluding hydrogens is 200 g/mol. The van der Waals surface area contributed by atoms with Crippen LogP contribution in [0, 0.1) is 13.8 Å². The summed E-state index contributed by atoms with van der Waals surface area (Å²) in [5.41, 5.74) is 9.14. The van der Waals surface area contributed by atoms with Gasteiger partial charge >= 0.3 is 0 Å². The minimum Gasteiger partial charge on any atom is -0.397 e. The fraction of sp³-hybridized carbons (Fsp3) is 0.167. The summed E-state index contributed by atoms with van der Waals surface area (Å²) in [6.07, 6.45) is 1.77. The summed E-state index contributed by atoms with van der Waals surface area (Å²) < 4.78 is 0. The van der Waals surface area contributed by atoms with Crippen LogP contribution in [0.5, 0.6) is 0 Å². The number of anilines is 3. The van der Waals surface area contributed by atoms with Gasteiger partial charge in [-0.3, -0.25) is 4.98 Å². The van der Waals surface area contributed by atoms with Gasteiger partial charge in [-0.2, -0.15) is 0 Å². The number of pyridine rings is 2. The minimum atomic E-state index is 0.702. The average molecular weight is 214 g/mol. The molecule has 0 spiro atoms. The van der Waals surface area contributed by atoms with E-state index < -0.39 is 0 Å². The monoisotopic (exact) mass is 214 g/mol. The fourth-order valence-electron chi connectivity index (χ4n) is 1.40. The van der Waals surface area contributed by atoms with Crippen molar-refractivity contribution in [2.45, 2.75) is 13.8 Å². The van der Waals surface area contributed by atoms with Crippen molar-refractivity contribution in [3.8, 4) is 0 Å². The summed E-state index contributed by atoms with van der Waals surface area (Å²) in [4.78, 5) is 8.55. The van der Waals surface area contributed by atoms with Crippen molar-refractivity contribution in [3.05, 3.63) is 41.9 Å². The lowest BCUT2D eigenvalue weighted by Crippen LogP contribution is -2.00. The minimum absolute atomic E-state index is 0.702. The Labute approximate surface area is 94.5 Å². The van der Waals surface area contributed by atoms with Gasteiger partial charge in [0.1, 0.15) is 5.82 Å². The molecule has 0 bridgehead atoms. The van der Waals surface area contributed by atoms with Crippen LogP contribution in [0.25, 0.3) is 0 Å². The normalized spacial score (nSPS) is 10.1. The molecule has 0 aliphatic rings. The molecule has 2 heterocycles. The van der Waals surface area contributed by atoms with E-state index in [4.69, 9.17) is 5.73 Å². The molecule has 0 fully saturated rings. The quantitative estimate of drug-likeness (QED) is 0.805. The highest BCUT2D eigenvalue weighted by Gasteiger charge is 2.01. The third kappa shape index (κ3) is 2.11. The molecule has 0 saturated carbocycles. The van der Waals surface area contributed by atoms with Crippen LogP contribution in [0.2, 0.25) is 0 Å². The Hall–Kier alpha value is -2.10. The van der Waals surface area contributed by atoms with Crippen molar-refractivity contribution in [2.75, 3.05) is 11.1 Å². The van der Waals surface area contributed by atoms with E-state index in [9.17, 15) is 0 Å². The second-order valence-electron chi connectivity index (χ2n) is 3.63. The molecule has 4 nitrogen and oxygen atoms in total. The standard InChI is InChI=1S/C12H14N4/c1-8-10(13)5-6-12(15-8)16-11-4-3-7-14-9(11)2/h3-7H,13H2,1-2H3,(H,15,16). The van der Waals surface area contributed by atoms with Gasteiger partial charge in [0.25, 0.3) is 0 Å². The molecule has 0 aromatic carbocycles. The molecule has 4 heteroatoms. The molecular formula is C12H14N4. The van der Waals surface area contributed by atoms with Crippen molar-refractivity contribution in [3.63, 3.8) is 0 Å². The van der Waals surface area contributed by atoms with Crippen molar-refractivity contribution in [1.29, 1.82) is 0 Å². The van der Waals surface area contributed by atoms with Crippen molar-refractivity contribution in [1.82, 2.24) is 9.97 Å². The molecule has 0 aliphatic heterocycles. The molecule has 2 rings (SSSR count). The molecule has 3 N–H and O–H groups in total. The maximum absolute atomic E-state index is 5.71. The predicted molar refractivity (Wildman–Crippen MR) is 65.6 cm³/mol. The molecule has 0 saturated heterocycles. The Kier molecular flexibility index (Phi) is 2.72. The highest BCUT2D eigenvalue weighted by Crippen LogP contribution is 2.18. The van der Waals surface area contributed by atoms with Crippen molar-refractivity contribution >= 4 is 17.2 Å². The zero-order valence-electron chi connectivity index (χ0n) is 9.36. The number of nitrogens with one attached hydrogen (secondary N) is 1. The highest BCUT2D eigenvalue weighted by molar-refractivity contribution is 5.60. The van der Waals surface area contributed by atoms with E-state index >= 15 is 0 Å². The number of hydrogen-bond acceptors (Lipinski definition) is 4. The van der Waals surface area contributed by atoms with Gasteiger partial charge in [0.05, 0.1) is 22.8 Å². The van der Waals surface area contributed by atoms with E-state index in [2.05, 4.69) is 15.3 Å². The van der Waals surface area contributed by atoms with Gasteiger partial charge in [-0.1, -0.05) is 0 Å². The number of hydrogen-bond donors (Lipinski definition) is 2. The first-order chi connectivity index (χ1) is 7.66. The number of nitrogens with two attached hydrogens (primary N) is 1. The van der Waals surface area contributed by atoms with Crippen LogP contribution in [0.1, 0.15) is 11.4 Å². The lowest BCUT2D eigenvalue weighted by Gasteiger charge is -2.09. The molecule has 0 radical (unpaired) electrons. The maximum Gasteiger partial charge on any atom is 0.130 e. The van der Waals surface area contributed by atoms with Crippen LogP contribution >= 0.6 is 0 Å². The Morgan fingerprint density at radius 1 is 1.12 bits per heavy atom. The Bertz CT molecular complexity index is 508. The predicted octanol–water partition coefficient (Wildman–Crippen LogP) is 2.42. The topological polar surface area (TPSA) is 63.8 Å². The first-order valence-corrected chi connectivity index (χ1v) is 5.08. The van der Waals surface area contributed by atoms with Gasteiger partial charge in [-0.25, -0.2) is 4.98 Å². The van der Waals surface area contributed by atoms with Gasteiger partial charge < -0.3 is 11.1 Å². The summed E-state index contributed by atoms with van der Waals surface area (Å²) in [5, 5.41) is 3.21. The van der Waals surface area contributed by atoms with E-state index in [1.807, 2.05) is 38.1 Å². The largest absolute Gasteiger partial charge is 0.397 e. The molecule has 82 valence electrons. The zero-order chi connectivity index (χ0) is 11.5. The van der Waals surface area contributed by atoms with Gasteiger partial charge in [0.2, 0.25) is 0 Å². The summed E-state index contributed by atoms with van der Waals surface area (Å²) >= 11 is 0. The second-order valence-corrected chi connectivity index (χ2v) is 3.63. The Balaban J connectivity index is 2.28. The van der Waals surface area contributed by atoms with Gasteiger partial charge in [-0.05, 0) is 38.1 Å². The van der Waals surface area contributed by atoms with E-state index in [0.29, 0.717) is 5.69 Å². The van der Waals surface area contributed by atoms with Crippen LogP contribution in [0.3, 0.4) is 0 Å². The Morgan fingerprint density at radius 3 is 2.62 bits per heavy atom. The van der Waals surface area contributed by atoms with Crippen LogP contribution < -0.4 is 11.1 Å². The first kappa shape index (κ1) is 10.4. The maximum atomic E-state index is 5.71. The number of aromatic nitrogens is 2. The molecule has 0 atom stereocenters. The molecule has 16 heavy (non-hydrogen) atoms. The van der Waals surface area contributed by atoms with Crippen LogP contribution in [-0.2, 0) is 0 Å². The van der Waals surface area contributed by atoms with Gasteiger partial charge in [0, 0.05) is 6.20 Å². The van der Waals surface area contributed by atoms with E-state index in [1.54, 1.807) is 6.20 Å². The lowest BCUT2D eigenvalue weighted by molar-refractivity contribution is 1.17. The summed E-state index contributed by atoms with van der Waals surface area (Å²) in [6.45, 7) is 3.84. The van der Waals surface area contributed by atoms with Gasteiger partial charge in [0.15, 0.2) is 0 Å². The molecule has 0 amide bonds. The molecule has 0 aliphatic carbocycles. The smallest absolute Gasteiger partial charge is 0.130 e. The van der Waals surface area contributed by atoms with Gasteiger partial charge in [-0.15, -0.1) is 0 Å². The van der Waals surface area contributed by atoms with Crippen LogP contribution in [0.15, 0.2) is 30.5 Å². The lowest BCUT2D eigenvalue weighted by atomic mass is 10.3. The number of aryl methyl sites for hydroxylation is 2. The summed E-state index contributed by atoms with van der Waals surface area (Å²) in [7, 11) is 0. The number of nitrogen functional groups attached to an aromatic ring is 1. The zero-order valence-corrected chi connectivity index (χ0v) is 9.36. The third-order valence-electron chi connectivity index (χ3n) is 2.40. The first-order valence-electron chi connectivity index (χ1n) is 5.08. The number of nitrogens with zero attached hydrogens (tertiary/aromatic N) is 2. The highest BCUT2D eigenvalue weighted by atomic mass is 15.0. The van der Waals surface area contributed by atoms with Crippen LogP contribution in [0.4, 0.5) is 17.2 Å². The van der Waals surface area contributed by atoms with Crippen molar-refractivity contribution < 1.29 is 0 Å². The molecule has 0 unspecified atom stereocenters. The Morgan fingerprint density at radius 2 is 1.94 bits per heavy atom. The number of rotatable bonds is 2. The third-order valence-corrected chi connectivity index (χ3v) is 2.40. The average Bonchev–Trinajstić information content (AvgIpc) is 2.27. The molecule has 2 aromatic rings. The molecule has 2 aromatic heterocycles. The van der Waals surface area contributed by atoms with Crippen LogP contribution in [-0.4, -0.2) is 9.97 Å². The van der Waals surface area contributed by atoms with E-state index in [-0.39, 0.29) is 0 Å². The summed E-state index contributed by atoms with van der Waals surface area (Å²) in [6, 6.07) is 7.56. The fourth-order valence-corrected chi connectivity index (χ4v) is 1.40. The SMILES string of the molecule is Cc1nc(Nc2cccnc2C)ccc1N. The summed E-state index contributed by atoms with van der Waals surface area (Å²) in [5.74, 6) is 0.780.